The lowest BCUT2D eigenvalue weighted by molar-refractivity contribution is -0.119. The van der Waals surface area contributed by atoms with E-state index in [-0.39, 0.29) is 37.1 Å². The summed E-state index contributed by atoms with van der Waals surface area (Å²) in [7, 11) is -7.44. The molecule has 7 nitrogen and oxygen atoms in total. The molecule has 0 saturated carbocycles. The van der Waals surface area contributed by atoms with Gasteiger partial charge in [0.15, 0.2) is 9.84 Å². The molecule has 0 fully saturated rings. The van der Waals surface area contributed by atoms with Crippen molar-refractivity contribution in [3.63, 3.8) is 0 Å². The molecule has 2 N–H and O–H groups in total. The fourth-order valence-electron chi connectivity index (χ4n) is 1.94. The summed E-state index contributed by atoms with van der Waals surface area (Å²) in [5, 5.41) is 0.262. The van der Waals surface area contributed by atoms with Gasteiger partial charge in [0.05, 0.1) is 31.3 Å². The second-order valence-corrected chi connectivity index (χ2v) is 11.1. The van der Waals surface area contributed by atoms with E-state index in [4.69, 9.17) is 23.2 Å². The van der Waals surface area contributed by atoms with E-state index in [0.29, 0.717) is 0 Å². The van der Waals surface area contributed by atoms with Crippen LogP contribution in [-0.4, -0.2) is 40.0 Å². The van der Waals surface area contributed by atoms with Gasteiger partial charge in [-0.3, -0.25) is 10.2 Å². The van der Waals surface area contributed by atoms with Gasteiger partial charge in [-0.05, 0) is 30.3 Å². The van der Waals surface area contributed by atoms with Gasteiger partial charge in [0.1, 0.15) is 0 Å². The molecular weight excluding hydrogens is 467 g/mol. The molecular formula is C16H16Cl2N2O5S3. The molecule has 0 radical (unpaired) electrons. The summed E-state index contributed by atoms with van der Waals surface area (Å²) in [6.07, 6.45) is 0. The number of hydrogen-bond acceptors (Lipinski definition) is 6. The lowest BCUT2D eigenvalue weighted by Gasteiger charge is -2.09. The van der Waals surface area contributed by atoms with Crippen molar-refractivity contribution >= 4 is 60.7 Å². The van der Waals surface area contributed by atoms with Crippen LogP contribution in [0.4, 0.5) is 0 Å². The first-order valence-corrected chi connectivity index (χ1v) is 12.8. The molecule has 2 rings (SSSR count). The second kappa shape index (κ2) is 9.95. The summed E-state index contributed by atoms with van der Waals surface area (Å²) in [6, 6.07) is 11.7. The van der Waals surface area contributed by atoms with E-state index in [0.717, 1.165) is 17.8 Å². The number of hydrazine groups is 1. The minimum Gasteiger partial charge on any atom is -0.277 e. The molecule has 2 aromatic rings. The van der Waals surface area contributed by atoms with Crippen molar-refractivity contribution < 1.29 is 21.6 Å². The van der Waals surface area contributed by atoms with E-state index in [1.54, 1.807) is 18.2 Å². The lowest BCUT2D eigenvalue weighted by Crippen LogP contribution is -2.42. The Balaban J connectivity index is 1.79. The fourth-order valence-corrected chi connectivity index (χ4v) is 5.75. The lowest BCUT2D eigenvalue weighted by atomic mass is 10.4. The number of amides is 1. The summed E-state index contributed by atoms with van der Waals surface area (Å²) in [4.78, 5) is 13.8. The standard InChI is InChI=1S/C16H16Cl2N2O5S3/c17-14-7-6-13(10-15(14)18)28(24,25)20-19-16(21)11-26-8-9-27(22,23)12-4-2-1-3-5-12/h1-7,10,20H,8-9,11H2,(H,19,21). The van der Waals surface area contributed by atoms with Gasteiger partial charge in [0.2, 0.25) is 5.91 Å². The third-order valence-electron chi connectivity index (χ3n) is 3.36. The minimum atomic E-state index is -4.01. The molecule has 0 unspecified atom stereocenters. The first-order valence-electron chi connectivity index (χ1n) is 7.73. The number of halogens is 2. The van der Waals surface area contributed by atoms with Gasteiger partial charge in [-0.15, -0.1) is 4.83 Å². The van der Waals surface area contributed by atoms with Gasteiger partial charge in [-0.1, -0.05) is 41.4 Å². The van der Waals surface area contributed by atoms with E-state index in [2.05, 4.69) is 5.43 Å². The Kier molecular flexibility index (Phi) is 8.17. The molecule has 2 aromatic carbocycles. The summed E-state index contributed by atoms with van der Waals surface area (Å²) < 4.78 is 48.4. The van der Waals surface area contributed by atoms with Crippen LogP contribution < -0.4 is 10.3 Å². The zero-order valence-corrected chi connectivity index (χ0v) is 18.2. The Bertz CT molecular complexity index is 1050. The molecule has 0 aromatic heterocycles. The van der Waals surface area contributed by atoms with Crippen molar-refractivity contribution in [2.45, 2.75) is 9.79 Å². The van der Waals surface area contributed by atoms with E-state index < -0.39 is 25.8 Å². The van der Waals surface area contributed by atoms with Crippen LogP contribution in [0.15, 0.2) is 58.3 Å². The number of hydrogen-bond donors (Lipinski definition) is 2. The molecule has 152 valence electrons. The van der Waals surface area contributed by atoms with Crippen LogP contribution >= 0.6 is 35.0 Å². The minimum absolute atomic E-state index is 0.0612. The predicted octanol–water partition coefficient (Wildman–Crippen LogP) is 2.51. The first-order chi connectivity index (χ1) is 13.1. The van der Waals surface area contributed by atoms with Crippen LogP contribution in [0.25, 0.3) is 0 Å². The van der Waals surface area contributed by atoms with Crippen molar-refractivity contribution in [1.82, 2.24) is 10.3 Å². The third-order valence-corrected chi connectivity index (χ3v) is 8.29. The van der Waals surface area contributed by atoms with Crippen LogP contribution in [-0.2, 0) is 24.7 Å². The number of sulfone groups is 1. The average molecular weight is 483 g/mol. The highest BCUT2D eigenvalue weighted by atomic mass is 35.5. The molecule has 0 aliphatic rings. The monoisotopic (exact) mass is 482 g/mol. The number of rotatable bonds is 9. The van der Waals surface area contributed by atoms with Gasteiger partial charge in [0.25, 0.3) is 10.0 Å². The zero-order chi connectivity index (χ0) is 20.8. The van der Waals surface area contributed by atoms with Gasteiger partial charge in [0, 0.05) is 5.75 Å². The maximum atomic E-state index is 12.1. The number of thioether (sulfide) groups is 1. The summed E-state index contributed by atoms with van der Waals surface area (Å²) in [5.74, 6) is -0.687. The number of carbonyl (C=O) groups is 1. The van der Waals surface area contributed by atoms with Crippen molar-refractivity contribution in [3.05, 3.63) is 58.6 Å². The number of carbonyl (C=O) groups excluding carboxylic acids is 1. The van der Waals surface area contributed by atoms with Gasteiger partial charge in [-0.25, -0.2) is 16.8 Å². The SMILES string of the molecule is O=C(CSCCS(=O)(=O)c1ccccc1)NNS(=O)(=O)c1ccc(Cl)c(Cl)c1. The highest BCUT2D eigenvalue weighted by Crippen LogP contribution is 2.24. The Labute approximate surface area is 177 Å². The molecule has 0 heterocycles. The quantitative estimate of drug-likeness (QED) is 0.419. The Hall–Kier alpha value is -1.30. The molecule has 28 heavy (non-hydrogen) atoms. The molecule has 0 saturated heterocycles. The summed E-state index contributed by atoms with van der Waals surface area (Å²) >= 11 is 12.6. The van der Waals surface area contributed by atoms with E-state index >= 15 is 0 Å². The van der Waals surface area contributed by atoms with Crippen LogP contribution in [0.5, 0.6) is 0 Å². The maximum Gasteiger partial charge on any atom is 0.257 e. The average Bonchev–Trinajstić information content (AvgIpc) is 2.66. The van der Waals surface area contributed by atoms with Crippen LogP contribution in [0.2, 0.25) is 10.0 Å². The number of sulfonamides is 1. The van der Waals surface area contributed by atoms with E-state index in [9.17, 15) is 21.6 Å². The van der Waals surface area contributed by atoms with Crippen LogP contribution in [0, 0.1) is 0 Å². The smallest absolute Gasteiger partial charge is 0.257 e. The molecule has 0 spiro atoms. The largest absolute Gasteiger partial charge is 0.277 e. The summed E-state index contributed by atoms with van der Waals surface area (Å²) in [6.45, 7) is 0. The predicted molar refractivity (Wildman–Crippen MR) is 111 cm³/mol. The van der Waals surface area contributed by atoms with Crippen molar-refractivity contribution in [3.8, 4) is 0 Å². The van der Waals surface area contributed by atoms with Crippen LogP contribution in [0.3, 0.4) is 0 Å². The maximum absolute atomic E-state index is 12.1. The first kappa shape index (κ1) is 23.0. The molecule has 12 heteroatoms. The molecule has 0 aliphatic heterocycles. The highest BCUT2D eigenvalue weighted by molar-refractivity contribution is 8.01. The van der Waals surface area contributed by atoms with E-state index in [1.807, 2.05) is 4.83 Å². The van der Waals surface area contributed by atoms with Crippen molar-refractivity contribution in [1.29, 1.82) is 0 Å². The molecule has 0 atom stereocenters. The van der Waals surface area contributed by atoms with Crippen molar-refractivity contribution in [2.75, 3.05) is 17.3 Å². The fraction of sp³-hybridized carbons (Fsp3) is 0.188. The Morgan fingerprint density at radius 3 is 2.25 bits per heavy atom. The number of nitrogens with one attached hydrogen (secondary N) is 2. The zero-order valence-electron chi connectivity index (χ0n) is 14.3. The second-order valence-electron chi connectivity index (χ2n) is 5.41. The Morgan fingerprint density at radius 2 is 1.61 bits per heavy atom. The van der Waals surface area contributed by atoms with E-state index in [1.165, 1.54) is 24.3 Å². The van der Waals surface area contributed by atoms with Gasteiger partial charge >= 0.3 is 0 Å². The normalized spacial score (nSPS) is 11.9. The van der Waals surface area contributed by atoms with Crippen molar-refractivity contribution in [2.24, 2.45) is 0 Å². The number of benzene rings is 2. The van der Waals surface area contributed by atoms with Gasteiger partial charge < -0.3 is 0 Å². The molecule has 1 amide bonds. The molecule has 0 bridgehead atoms. The Morgan fingerprint density at radius 1 is 0.929 bits per heavy atom. The highest BCUT2D eigenvalue weighted by Gasteiger charge is 2.17. The van der Waals surface area contributed by atoms with Gasteiger partial charge in [-0.2, -0.15) is 11.8 Å². The van der Waals surface area contributed by atoms with Crippen LogP contribution in [0.1, 0.15) is 0 Å². The topological polar surface area (TPSA) is 109 Å². The summed E-state index contributed by atoms with van der Waals surface area (Å²) in [5.41, 5.74) is 2.06. The third kappa shape index (κ3) is 6.64. The molecule has 0 aliphatic carbocycles.